The van der Waals surface area contributed by atoms with Crippen LogP contribution in [0.3, 0.4) is 0 Å². The van der Waals surface area contributed by atoms with Crippen LogP contribution in [-0.4, -0.2) is 4.98 Å². The van der Waals surface area contributed by atoms with E-state index in [2.05, 4.69) is 4.98 Å². The summed E-state index contributed by atoms with van der Waals surface area (Å²) in [6.07, 6.45) is 0.769. The van der Waals surface area contributed by atoms with Crippen LogP contribution in [0, 0.1) is 5.82 Å². The van der Waals surface area contributed by atoms with E-state index < -0.39 is 5.82 Å². The molecule has 68 valence electrons. The van der Waals surface area contributed by atoms with Crippen molar-refractivity contribution in [2.45, 2.75) is 13.3 Å². The SMILES string of the molecule is CCc1ccc(F)c2nc(N)oc12. The van der Waals surface area contributed by atoms with Crippen molar-refractivity contribution in [3.05, 3.63) is 23.5 Å². The number of anilines is 1. The monoisotopic (exact) mass is 180 g/mol. The van der Waals surface area contributed by atoms with E-state index in [-0.39, 0.29) is 11.5 Å². The van der Waals surface area contributed by atoms with E-state index >= 15 is 0 Å². The summed E-state index contributed by atoms with van der Waals surface area (Å²) in [7, 11) is 0. The van der Waals surface area contributed by atoms with Crippen molar-refractivity contribution in [3.8, 4) is 0 Å². The number of fused-ring (bicyclic) bond motifs is 1. The number of nitrogen functional groups attached to an aromatic ring is 1. The first-order valence-electron chi connectivity index (χ1n) is 4.05. The number of hydrogen-bond donors (Lipinski definition) is 1. The van der Waals surface area contributed by atoms with Gasteiger partial charge in [0.15, 0.2) is 11.4 Å². The Morgan fingerprint density at radius 3 is 3.00 bits per heavy atom. The first kappa shape index (κ1) is 8.04. The molecule has 0 bridgehead atoms. The Kier molecular flexibility index (Phi) is 1.69. The summed E-state index contributed by atoms with van der Waals surface area (Å²) >= 11 is 0. The van der Waals surface area contributed by atoms with Gasteiger partial charge in [-0.3, -0.25) is 0 Å². The number of benzene rings is 1. The summed E-state index contributed by atoms with van der Waals surface area (Å²) in [6.45, 7) is 1.96. The summed E-state index contributed by atoms with van der Waals surface area (Å²) in [4.78, 5) is 3.76. The average molecular weight is 180 g/mol. The minimum absolute atomic E-state index is 0.00907. The number of rotatable bonds is 1. The molecule has 0 radical (unpaired) electrons. The molecule has 1 heterocycles. The normalized spacial score (nSPS) is 10.9. The molecule has 0 fully saturated rings. The molecule has 0 saturated carbocycles. The van der Waals surface area contributed by atoms with Gasteiger partial charge in [0, 0.05) is 0 Å². The van der Waals surface area contributed by atoms with Gasteiger partial charge in [-0.25, -0.2) is 4.39 Å². The van der Waals surface area contributed by atoms with Crippen molar-refractivity contribution in [2.24, 2.45) is 0 Å². The fourth-order valence-corrected chi connectivity index (χ4v) is 1.32. The van der Waals surface area contributed by atoms with Crippen LogP contribution in [0.25, 0.3) is 11.1 Å². The number of nitrogens with zero attached hydrogens (tertiary/aromatic N) is 1. The third-order valence-corrected chi connectivity index (χ3v) is 1.97. The molecular weight excluding hydrogens is 171 g/mol. The minimum Gasteiger partial charge on any atom is -0.423 e. The van der Waals surface area contributed by atoms with E-state index in [0.717, 1.165) is 12.0 Å². The molecular formula is C9H9FN2O. The van der Waals surface area contributed by atoms with Gasteiger partial charge in [0.05, 0.1) is 0 Å². The second-order valence-corrected chi connectivity index (χ2v) is 2.79. The molecule has 0 aliphatic heterocycles. The van der Waals surface area contributed by atoms with E-state index in [9.17, 15) is 4.39 Å². The third kappa shape index (κ3) is 1.14. The maximum atomic E-state index is 13.1. The van der Waals surface area contributed by atoms with Gasteiger partial charge in [0.25, 0.3) is 6.01 Å². The zero-order chi connectivity index (χ0) is 9.42. The van der Waals surface area contributed by atoms with Crippen molar-refractivity contribution in [3.63, 3.8) is 0 Å². The summed E-state index contributed by atoms with van der Waals surface area (Å²) in [6, 6.07) is 3.07. The van der Waals surface area contributed by atoms with Gasteiger partial charge in [-0.05, 0) is 18.1 Å². The van der Waals surface area contributed by atoms with E-state index in [4.69, 9.17) is 10.2 Å². The van der Waals surface area contributed by atoms with Gasteiger partial charge >= 0.3 is 0 Å². The quantitative estimate of drug-likeness (QED) is 0.731. The largest absolute Gasteiger partial charge is 0.423 e. The summed E-state index contributed by atoms with van der Waals surface area (Å²) in [5.74, 6) is -0.396. The van der Waals surface area contributed by atoms with Crippen LogP contribution in [-0.2, 0) is 6.42 Å². The van der Waals surface area contributed by atoms with Crippen LogP contribution in [0.2, 0.25) is 0 Å². The highest BCUT2D eigenvalue weighted by Crippen LogP contribution is 2.23. The highest BCUT2D eigenvalue weighted by molar-refractivity contribution is 5.78. The lowest BCUT2D eigenvalue weighted by atomic mass is 10.1. The van der Waals surface area contributed by atoms with Crippen LogP contribution in [0.5, 0.6) is 0 Å². The van der Waals surface area contributed by atoms with Gasteiger partial charge in [0.2, 0.25) is 0 Å². The van der Waals surface area contributed by atoms with Crippen molar-refractivity contribution in [1.29, 1.82) is 0 Å². The van der Waals surface area contributed by atoms with E-state index in [0.29, 0.717) is 5.58 Å². The molecule has 0 aliphatic rings. The van der Waals surface area contributed by atoms with Gasteiger partial charge in [-0.15, -0.1) is 0 Å². The predicted molar refractivity (Wildman–Crippen MR) is 47.8 cm³/mol. The zero-order valence-electron chi connectivity index (χ0n) is 7.17. The number of aromatic nitrogens is 1. The molecule has 0 spiro atoms. The molecule has 4 heteroatoms. The van der Waals surface area contributed by atoms with E-state index in [1.165, 1.54) is 6.07 Å². The van der Waals surface area contributed by atoms with Crippen molar-refractivity contribution >= 4 is 17.1 Å². The number of oxazole rings is 1. The maximum Gasteiger partial charge on any atom is 0.293 e. The molecule has 3 nitrogen and oxygen atoms in total. The highest BCUT2D eigenvalue weighted by Gasteiger charge is 2.11. The van der Waals surface area contributed by atoms with Crippen LogP contribution in [0.4, 0.5) is 10.4 Å². The minimum atomic E-state index is -0.396. The Balaban J connectivity index is 2.83. The molecule has 0 aliphatic carbocycles. The third-order valence-electron chi connectivity index (χ3n) is 1.97. The highest BCUT2D eigenvalue weighted by atomic mass is 19.1. The lowest BCUT2D eigenvalue weighted by Crippen LogP contribution is -1.84. The smallest absolute Gasteiger partial charge is 0.293 e. The second kappa shape index (κ2) is 2.73. The Labute approximate surface area is 74.4 Å². The predicted octanol–water partition coefficient (Wildman–Crippen LogP) is 2.11. The molecule has 1 aromatic heterocycles. The van der Waals surface area contributed by atoms with Crippen LogP contribution in [0.15, 0.2) is 16.5 Å². The molecule has 2 aromatic rings. The summed E-state index contributed by atoms with van der Waals surface area (Å²) in [5, 5.41) is 0. The summed E-state index contributed by atoms with van der Waals surface area (Å²) < 4.78 is 18.2. The topological polar surface area (TPSA) is 52.0 Å². The lowest BCUT2D eigenvalue weighted by molar-refractivity contribution is 0.617. The Morgan fingerprint density at radius 2 is 2.31 bits per heavy atom. The van der Waals surface area contributed by atoms with Gasteiger partial charge in [-0.1, -0.05) is 13.0 Å². The Morgan fingerprint density at radius 1 is 1.54 bits per heavy atom. The molecule has 0 saturated heterocycles. The van der Waals surface area contributed by atoms with Gasteiger partial charge < -0.3 is 10.2 Å². The molecule has 0 unspecified atom stereocenters. The Hall–Kier alpha value is -1.58. The number of halogens is 1. The lowest BCUT2D eigenvalue weighted by Gasteiger charge is -1.96. The zero-order valence-corrected chi connectivity index (χ0v) is 7.17. The maximum absolute atomic E-state index is 13.1. The number of hydrogen-bond acceptors (Lipinski definition) is 3. The molecule has 0 amide bonds. The first-order valence-corrected chi connectivity index (χ1v) is 4.05. The average Bonchev–Trinajstić information content (AvgIpc) is 2.48. The Bertz CT molecular complexity index is 450. The van der Waals surface area contributed by atoms with Crippen LogP contribution < -0.4 is 5.73 Å². The number of nitrogens with two attached hydrogens (primary N) is 1. The van der Waals surface area contributed by atoms with Crippen LogP contribution >= 0.6 is 0 Å². The first-order chi connectivity index (χ1) is 6.22. The van der Waals surface area contributed by atoms with Gasteiger partial charge in [0.1, 0.15) is 5.52 Å². The van der Waals surface area contributed by atoms with Crippen LogP contribution in [0.1, 0.15) is 12.5 Å². The molecule has 2 N–H and O–H groups in total. The van der Waals surface area contributed by atoms with E-state index in [1.54, 1.807) is 6.07 Å². The molecule has 0 atom stereocenters. The number of aryl methyl sites for hydroxylation is 1. The standard InChI is InChI=1S/C9H9FN2O/c1-2-5-3-4-6(10)7-8(5)13-9(11)12-7/h3-4H,2H2,1H3,(H2,11,12). The second-order valence-electron chi connectivity index (χ2n) is 2.79. The molecule has 13 heavy (non-hydrogen) atoms. The van der Waals surface area contributed by atoms with Gasteiger partial charge in [-0.2, -0.15) is 4.98 Å². The van der Waals surface area contributed by atoms with Crippen molar-refractivity contribution in [1.82, 2.24) is 4.98 Å². The fourth-order valence-electron chi connectivity index (χ4n) is 1.32. The molecule has 2 rings (SSSR count). The van der Waals surface area contributed by atoms with Crippen molar-refractivity contribution < 1.29 is 8.81 Å². The summed E-state index contributed by atoms with van der Waals surface area (Å²) in [5.41, 5.74) is 6.93. The van der Waals surface area contributed by atoms with E-state index in [1.807, 2.05) is 6.92 Å². The van der Waals surface area contributed by atoms with Crippen molar-refractivity contribution in [2.75, 3.05) is 5.73 Å². The molecule has 1 aromatic carbocycles. The fraction of sp³-hybridized carbons (Fsp3) is 0.222.